The second-order valence-electron chi connectivity index (χ2n) is 3.62. The van der Waals surface area contributed by atoms with Crippen LogP contribution in [-0.4, -0.2) is 28.8 Å². The van der Waals surface area contributed by atoms with Gasteiger partial charge in [-0.2, -0.15) is 23.5 Å². The van der Waals surface area contributed by atoms with E-state index in [0.29, 0.717) is 5.78 Å². The molecule has 2 aliphatic heterocycles. The lowest BCUT2D eigenvalue weighted by molar-refractivity contribution is -0.127. The maximum Gasteiger partial charge on any atom is 0.140 e. The van der Waals surface area contributed by atoms with E-state index in [1.54, 1.807) is 0 Å². The molecular weight excluding hydrogens is 188 g/mol. The van der Waals surface area contributed by atoms with E-state index < -0.39 is 0 Å². The van der Waals surface area contributed by atoms with Gasteiger partial charge in [0.05, 0.1) is 0 Å². The molecule has 12 heavy (non-hydrogen) atoms. The summed E-state index contributed by atoms with van der Waals surface area (Å²) in [4.78, 5) is 11.7. The van der Waals surface area contributed by atoms with Gasteiger partial charge in [0.2, 0.25) is 0 Å². The van der Waals surface area contributed by atoms with Gasteiger partial charge in [-0.1, -0.05) is 0 Å². The number of thioether (sulfide) groups is 2. The Bertz CT molecular complexity index is 177. The monoisotopic (exact) mass is 202 g/mol. The van der Waals surface area contributed by atoms with Gasteiger partial charge in [-0.25, -0.2) is 0 Å². The summed E-state index contributed by atoms with van der Waals surface area (Å²) in [5.74, 6) is 5.13. The predicted molar refractivity (Wildman–Crippen MR) is 55.9 cm³/mol. The number of hydrogen-bond acceptors (Lipinski definition) is 3. The fourth-order valence-corrected chi connectivity index (χ4v) is 4.55. The minimum atomic E-state index is 0.119. The molecule has 3 heteroatoms. The summed E-state index contributed by atoms with van der Waals surface area (Å²) in [5.41, 5.74) is 0.119. The third-order valence-electron chi connectivity index (χ3n) is 2.89. The normalized spacial score (nSPS) is 29.2. The molecule has 68 valence electrons. The van der Waals surface area contributed by atoms with E-state index in [9.17, 15) is 4.79 Å². The maximum atomic E-state index is 11.7. The zero-order valence-corrected chi connectivity index (χ0v) is 8.81. The van der Waals surface area contributed by atoms with Gasteiger partial charge < -0.3 is 0 Å². The summed E-state index contributed by atoms with van der Waals surface area (Å²) in [7, 11) is 0. The van der Waals surface area contributed by atoms with Crippen LogP contribution in [0.3, 0.4) is 0 Å². The van der Waals surface area contributed by atoms with Gasteiger partial charge in [0, 0.05) is 23.3 Å². The highest BCUT2D eigenvalue weighted by Gasteiger charge is 2.40. The molecular formula is C9H14OS2. The minimum Gasteiger partial charge on any atom is -0.299 e. The molecule has 0 aromatic heterocycles. The highest BCUT2D eigenvalue weighted by atomic mass is 32.2. The number of ketones is 1. The SMILES string of the molecule is O=C1CCSCC12CCSCC2. The molecule has 2 aliphatic rings. The van der Waals surface area contributed by atoms with Crippen molar-refractivity contribution in [2.75, 3.05) is 23.0 Å². The molecule has 0 saturated carbocycles. The molecule has 2 heterocycles. The van der Waals surface area contributed by atoms with Crippen molar-refractivity contribution < 1.29 is 4.79 Å². The van der Waals surface area contributed by atoms with Crippen molar-refractivity contribution in [2.45, 2.75) is 19.3 Å². The first-order valence-corrected chi connectivity index (χ1v) is 6.83. The Hall–Kier alpha value is 0.370. The largest absolute Gasteiger partial charge is 0.299 e. The van der Waals surface area contributed by atoms with Gasteiger partial charge in [0.1, 0.15) is 5.78 Å². The first kappa shape index (κ1) is 8.95. The van der Waals surface area contributed by atoms with Crippen LogP contribution in [-0.2, 0) is 4.79 Å². The first-order valence-electron chi connectivity index (χ1n) is 4.52. The van der Waals surface area contributed by atoms with Crippen LogP contribution in [0.4, 0.5) is 0 Å². The first-order chi connectivity index (χ1) is 5.83. The fraction of sp³-hybridized carbons (Fsp3) is 0.889. The summed E-state index contributed by atoms with van der Waals surface area (Å²) < 4.78 is 0. The highest BCUT2D eigenvalue weighted by Crippen LogP contribution is 2.42. The van der Waals surface area contributed by atoms with Crippen molar-refractivity contribution in [2.24, 2.45) is 5.41 Å². The molecule has 2 saturated heterocycles. The molecule has 0 bridgehead atoms. The van der Waals surface area contributed by atoms with E-state index in [1.807, 2.05) is 23.5 Å². The third-order valence-corrected chi connectivity index (χ3v) is 5.13. The van der Waals surface area contributed by atoms with Gasteiger partial charge in [0.15, 0.2) is 0 Å². The van der Waals surface area contributed by atoms with E-state index in [2.05, 4.69) is 0 Å². The molecule has 0 atom stereocenters. The molecule has 2 fully saturated rings. The smallest absolute Gasteiger partial charge is 0.140 e. The lowest BCUT2D eigenvalue weighted by atomic mass is 9.78. The Balaban J connectivity index is 2.09. The molecule has 0 aromatic rings. The quantitative estimate of drug-likeness (QED) is 0.599. The van der Waals surface area contributed by atoms with Crippen LogP contribution in [0.1, 0.15) is 19.3 Å². The molecule has 0 radical (unpaired) electrons. The van der Waals surface area contributed by atoms with E-state index in [0.717, 1.165) is 30.8 Å². The number of carbonyl (C=O) groups excluding carboxylic acids is 1. The average Bonchev–Trinajstić information content (AvgIpc) is 2.12. The molecule has 0 aliphatic carbocycles. The number of rotatable bonds is 0. The van der Waals surface area contributed by atoms with Crippen molar-refractivity contribution in [3.05, 3.63) is 0 Å². The summed E-state index contributed by atoms with van der Waals surface area (Å²) in [5, 5.41) is 0. The minimum absolute atomic E-state index is 0.119. The Morgan fingerprint density at radius 1 is 1.08 bits per heavy atom. The van der Waals surface area contributed by atoms with Crippen LogP contribution in [0.2, 0.25) is 0 Å². The zero-order chi connectivity index (χ0) is 8.44. The van der Waals surface area contributed by atoms with Crippen LogP contribution in [0, 0.1) is 5.41 Å². The second-order valence-corrected chi connectivity index (χ2v) is 5.95. The van der Waals surface area contributed by atoms with Crippen molar-refractivity contribution in [3.8, 4) is 0 Å². The van der Waals surface area contributed by atoms with Crippen molar-refractivity contribution >= 4 is 29.3 Å². The van der Waals surface area contributed by atoms with Crippen LogP contribution < -0.4 is 0 Å². The van der Waals surface area contributed by atoms with Gasteiger partial charge >= 0.3 is 0 Å². The van der Waals surface area contributed by atoms with E-state index in [-0.39, 0.29) is 5.41 Å². The molecule has 1 spiro atoms. The Kier molecular flexibility index (Phi) is 2.70. The summed E-state index contributed by atoms with van der Waals surface area (Å²) >= 11 is 3.98. The van der Waals surface area contributed by atoms with Crippen LogP contribution in [0.15, 0.2) is 0 Å². The standard InChI is InChI=1S/C9H14OS2/c10-8-1-4-12-7-9(8)2-5-11-6-3-9/h1-7H2. The zero-order valence-electron chi connectivity index (χ0n) is 7.17. The van der Waals surface area contributed by atoms with Crippen molar-refractivity contribution in [1.82, 2.24) is 0 Å². The van der Waals surface area contributed by atoms with Crippen LogP contribution in [0.25, 0.3) is 0 Å². The summed E-state index contributed by atoms with van der Waals surface area (Å²) in [6.07, 6.45) is 3.11. The van der Waals surface area contributed by atoms with Crippen LogP contribution in [0.5, 0.6) is 0 Å². The molecule has 0 unspecified atom stereocenters. The number of carbonyl (C=O) groups is 1. The lowest BCUT2D eigenvalue weighted by Crippen LogP contribution is -2.40. The van der Waals surface area contributed by atoms with Crippen LogP contribution >= 0.6 is 23.5 Å². The van der Waals surface area contributed by atoms with Gasteiger partial charge in [0.25, 0.3) is 0 Å². The van der Waals surface area contributed by atoms with E-state index in [4.69, 9.17) is 0 Å². The fourth-order valence-electron chi connectivity index (χ4n) is 1.96. The van der Waals surface area contributed by atoms with Gasteiger partial charge in [-0.3, -0.25) is 4.79 Å². The maximum absolute atomic E-state index is 11.7. The predicted octanol–water partition coefficient (Wildman–Crippen LogP) is 2.21. The summed E-state index contributed by atoms with van der Waals surface area (Å²) in [6, 6.07) is 0. The Morgan fingerprint density at radius 3 is 2.50 bits per heavy atom. The Labute approximate surface area is 82.1 Å². The van der Waals surface area contributed by atoms with Crippen molar-refractivity contribution in [1.29, 1.82) is 0 Å². The number of hydrogen-bond donors (Lipinski definition) is 0. The molecule has 0 N–H and O–H groups in total. The highest BCUT2D eigenvalue weighted by molar-refractivity contribution is 7.99. The number of Topliss-reactive ketones (excluding diaryl/α,β-unsaturated/α-hetero) is 1. The average molecular weight is 202 g/mol. The van der Waals surface area contributed by atoms with E-state index in [1.165, 1.54) is 11.5 Å². The third kappa shape index (κ3) is 1.53. The topological polar surface area (TPSA) is 17.1 Å². The van der Waals surface area contributed by atoms with Crippen molar-refractivity contribution in [3.63, 3.8) is 0 Å². The van der Waals surface area contributed by atoms with E-state index >= 15 is 0 Å². The molecule has 2 rings (SSSR count). The molecule has 1 nitrogen and oxygen atoms in total. The molecule has 0 aromatic carbocycles. The Morgan fingerprint density at radius 2 is 1.83 bits per heavy atom. The second kappa shape index (κ2) is 3.62. The summed E-state index contributed by atoms with van der Waals surface area (Å²) in [6.45, 7) is 0. The van der Waals surface area contributed by atoms with Gasteiger partial charge in [-0.15, -0.1) is 0 Å². The lowest BCUT2D eigenvalue weighted by Gasteiger charge is -2.38. The van der Waals surface area contributed by atoms with Gasteiger partial charge in [-0.05, 0) is 24.3 Å². The molecule has 0 amide bonds.